The standard InChI is InChI=1S/C10H22N2O/c1-8(10(3,4)13)6-5-7-12-9(2)11/h8,12-13H,2,5-7,11H2,1,3-4H3/t8-/m0/s1. The Hall–Kier alpha value is -0.700. The molecule has 0 heterocycles. The van der Waals surface area contributed by atoms with Gasteiger partial charge in [0, 0.05) is 6.54 Å². The van der Waals surface area contributed by atoms with Gasteiger partial charge in [-0.2, -0.15) is 0 Å². The van der Waals surface area contributed by atoms with E-state index in [0.29, 0.717) is 11.7 Å². The minimum Gasteiger partial charge on any atom is -0.390 e. The SMILES string of the molecule is C=C(N)NCCC[C@H](C)C(C)(C)O. The molecule has 0 aromatic rings. The fourth-order valence-electron chi connectivity index (χ4n) is 1.01. The van der Waals surface area contributed by atoms with E-state index >= 15 is 0 Å². The lowest BCUT2D eigenvalue weighted by Gasteiger charge is -2.25. The number of rotatable bonds is 6. The molecular formula is C10H22N2O. The maximum absolute atomic E-state index is 9.63. The summed E-state index contributed by atoms with van der Waals surface area (Å²) in [7, 11) is 0. The Morgan fingerprint density at radius 1 is 1.62 bits per heavy atom. The van der Waals surface area contributed by atoms with Gasteiger partial charge in [-0.1, -0.05) is 13.5 Å². The Bertz CT molecular complexity index is 161. The Kier molecular flexibility index (Phi) is 4.85. The molecule has 0 aliphatic carbocycles. The second-order valence-electron chi connectivity index (χ2n) is 4.15. The van der Waals surface area contributed by atoms with Crippen LogP contribution in [0.4, 0.5) is 0 Å². The van der Waals surface area contributed by atoms with Gasteiger partial charge in [0.15, 0.2) is 0 Å². The van der Waals surface area contributed by atoms with Crippen LogP contribution in [-0.4, -0.2) is 17.3 Å². The average molecular weight is 186 g/mol. The molecule has 0 fully saturated rings. The molecule has 3 heteroatoms. The zero-order valence-electron chi connectivity index (χ0n) is 8.93. The fraction of sp³-hybridized carbons (Fsp3) is 0.800. The van der Waals surface area contributed by atoms with Crippen LogP contribution in [0.15, 0.2) is 12.4 Å². The maximum Gasteiger partial charge on any atom is 0.0885 e. The van der Waals surface area contributed by atoms with Crippen LogP contribution < -0.4 is 11.1 Å². The Balaban J connectivity index is 3.49. The smallest absolute Gasteiger partial charge is 0.0885 e. The van der Waals surface area contributed by atoms with Crippen molar-refractivity contribution in [1.29, 1.82) is 0 Å². The van der Waals surface area contributed by atoms with Crippen molar-refractivity contribution < 1.29 is 5.11 Å². The maximum atomic E-state index is 9.63. The summed E-state index contributed by atoms with van der Waals surface area (Å²) >= 11 is 0. The van der Waals surface area contributed by atoms with Crippen LogP contribution in [0, 0.1) is 5.92 Å². The van der Waals surface area contributed by atoms with Crippen molar-refractivity contribution in [3.63, 3.8) is 0 Å². The van der Waals surface area contributed by atoms with Gasteiger partial charge < -0.3 is 16.2 Å². The van der Waals surface area contributed by atoms with E-state index in [2.05, 4.69) is 18.8 Å². The summed E-state index contributed by atoms with van der Waals surface area (Å²) < 4.78 is 0. The van der Waals surface area contributed by atoms with Crippen molar-refractivity contribution in [2.75, 3.05) is 6.54 Å². The second-order valence-corrected chi connectivity index (χ2v) is 4.15. The first-order valence-electron chi connectivity index (χ1n) is 4.74. The fourth-order valence-corrected chi connectivity index (χ4v) is 1.01. The highest BCUT2D eigenvalue weighted by Gasteiger charge is 2.21. The molecule has 1 atom stereocenters. The quantitative estimate of drug-likeness (QED) is 0.546. The van der Waals surface area contributed by atoms with Crippen molar-refractivity contribution >= 4 is 0 Å². The van der Waals surface area contributed by atoms with Crippen LogP contribution in [0.3, 0.4) is 0 Å². The molecule has 0 aliphatic rings. The van der Waals surface area contributed by atoms with E-state index in [1.807, 2.05) is 13.8 Å². The molecular weight excluding hydrogens is 164 g/mol. The van der Waals surface area contributed by atoms with Gasteiger partial charge in [0.05, 0.1) is 11.4 Å². The molecule has 0 rings (SSSR count). The molecule has 0 bridgehead atoms. The van der Waals surface area contributed by atoms with Crippen LogP contribution in [0.1, 0.15) is 33.6 Å². The topological polar surface area (TPSA) is 58.3 Å². The highest BCUT2D eigenvalue weighted by molar-refractivity contribution is 4.82. The number of hydrogen-bond donors (Lipinski definition) is 3. The van der Waals surface area contributed by atoms with E-state index in [0.717, 1.165) is 19.4 Å². The van der Waals surface area contributed by atoms with E-state index < -0.39 is 5.60 Å². The first-order valence-corrected chi connectivity index (χ1v) is 4.74. The van der Waals surface area contributed by atoms with Crippen molar-refractivity contribution in [3.8, 4) is 0 Å². The summed E-state index contributed by atoms with van der Waals surface area (Å²) in [6.45, 7) is 10.1. The molecule has 0 saturated heterocycles. The number of nitrogens with one attached hydrogen (secondary N) is 1. The summed E-state index contributed by atoms with van der Waals surface area (Å²) in [5, 5.41) is 12.6. The first-order chi connectivity index (χ1) is 5.84. The second kappa shape index (κ2) is 5.12. The molecule has 0 unspecified atom stereocenters. The summed E-state index contributed by atoms with van der Waals surface area (Å²) in [6.07, 6.45) is 1.99. The predicted octanol–water partition coefficient (Wildman–Crippen LogP) is 1.19. The summed E-state index contributed by atoms with van der Waals surface area (Å²) in [4.78, 5) is 0. The minimum atomic E-state index is -0.584. The van der Waals surface area contributed by atoms with Gasteiger partial charge in [0.25, 0.3) is 0 Å². The lowest BCUT2D eigenvalue weighted by atomic mass is 9.89. The molecule has 78 valence electrons. The highest BCUT2D eigenvalue weighted by atomic mass is 16.3. The minimum absolute atomic E-state index is 0.306. The Labute approximate surface area is 81.0 Å². The molecule has 0 amide bonds. The zero-order chi connectivity index (χ0) is 10.5. The average Bonchev–Trinajstić information content (AvgIpc) is 1.95. The largest absolute Gasteiger partial charge is 0.390 e. The van der Waals surface area contributed by atoms with Crippen molar-refractivity contribution in [2.45, 2.75) is 39.2 Å². The van der Waals surface area contributed by atoms with Gasteiger partial charge in [-0.15, -0.1) is 0 Å². The number of nitrogens with two attached hydrogens (primary N) is 1. The molecule has 0 spiro atoms. The van der Waals surface area contributed by atoms with E-state index in [1.54, 1.807) is 0 Å². The van der Waals surface area contributed by atoms with Crippen LogP contribution >= 0.6 is 0 Å². The van der Waals surface area contributed by atoms with Gasteiger partial charge in [-0.3, -0.25) is 0 Å². The van der Waals surface area contributed by atoms with Crippen LogP contribution in [0.5, 0.6) is 0 Å². The molecule has 4 N–H and O–H groups in total. The highest BCUT2D eigenvalue weighted by Crippen LogP contribution is 2.20. The molecule has 0 saturated carbocycles. The van der Waals surface area contributed by atoms with E-state index in [-0.39, 0.29) is 0 Å². The molecule has 3 nitrogen and oxygen atoms in total. The summed E-state index contributed by atoms with van der Waals surface area (Å²) in [6, 6.07) is 0. The van der Waals surface area contributed by atoms with E-state index in [4.69, 9.17) is 5.73 Å². The van der Waals surface area contributed by atoms with Crippen molar-refractivity contribution in [3.05, 3.63) is 12.4 Å². The molecule has 0 aliphatic heterocycles. The third-order valence-corrected chi connectivity index (χ3v) is 2.37. The summed E-state index contributed by atoms with van der Waals surface area (Å²) in [5.41, 5.74) is 4.76. The van der Waals surface area contributed by atoms with Gasteiger partial charge in [0.2, 0.25) is 0 Å². The Morgan fingerprint density at radius 2 is 2.15 bits per heavy atom. The normalized spacial score (nSPS) is 13.8. The third-order valence-electron chi connectivity index (χ3n) is 2.37. The monoisotopic (exact) mass is 186 g/mol. The molecule has 0 aromatic carbocycles. The van der Waals surface area contributed by atoms with Gasteiger partial charge >= 0.3 is 0 Å². The van der Waals surface area contributed by atoms with Gasteiger partial charge in [-0.25, -0.2) is 0 Å². The number of hydrogen-bond acceptors (Lipinski definition) is 3. The molecule has 0 radical (unpaired) electrons. The van der Waals surface area contributed by atoms with Gasteiger partial charge in [-0.05, 0) is 32.6 Å². The van der Waals surface area contributed by atoms with Crippen LogP contribution in [0.25, 0.3) is 0 Å². The number of aliphatic hydroxyl groups is 1. The molecule has 0 aromatic heterocycles. The third kappa shape index (κ3) is 6.46. The van der Waals surface area contributed by atoms with Crippen LogP contribution in [0.2, 0.25) is 0 Å². The van der Waals surface area contributed by atoms with Crippen molar-refractivity contribution in [1.82, 2.24) is 5.32 Å². The zero-order valence-corrected chi connectivity index (χ0v) is 8.93. The lowest BCUT2D eigenvalue weighted by Crippen LogP contribution is -2.29. The Morgan fingerprint density at radius 3 is 2.54 bits per heavy atom. The van der Waals surface area contributed by atoms with E-state index in [1.165, 1.54) is 0 Å². The van der Waals surface area contributed by atoms with Crippen LogP contribution in [-0.2, 0) is 0 Å². The van der Waals surface area contributed by atoms with Crippen molar-refractivity contribution in [2.24, 2.45) is 11.7 Å². The van der Waals surface area contributed by atoms with E-state index in [9.17, 15) is 5.11 Å². The first kappa shape index (κ1) is 12.3. The summed E-state index contributed by atoms with van der Waals surface area (Å²) in [5.74, 6) is 0.816. The molecule has 13 heavy (non-hydrogen) atoms. The van der Waals surface area contributed by atoms with Gasteiger partial charge in [0.1, 0.15) is 0 Å². The predicted molar refractivity (Wildman–Crippen MR) is 56.0 cm³/mol. The lowest BCUT2D eigenvalue weighted by molar-refractivity contribution is 0.0207.